The highest BCUT2D eigenvalue weighted by Crippen LogP contribution is 2.44. The summed E-state index contributed by atoms with van der Waals surface area (Å²) in [6.07, 6.45) is -11.3. The molecule has 0 atom stereocenters. The monoisotopic (exact) mass is 426 g/mol. The average Bonchev–Trinajstić information content (AvgIpc) is 2.28. The SMILES string of the molecule is CCOC(=O)Cc1ccc(I)c(C(F)(F)F)c1C(F)(F)F. The van der Waals surface area contributed by atoms with Crippen LogP contribution in [0.2, 0.25) is 0 Å². The van der Waals surface area contributed by atoms with E-state index in [4.69, 9.17) is 0 Å². The van der Waals surface area contributed by atoms with Gasteiger partial charge in [-0.2, -0.15) is 26.3 Å². The van der Waals surface area contributed by atoms with Crippen LogP contribution in [0, 0.1) is 3.57 Å². The summed E-state index contributed by atoms with van der Waals surface area (Å²) in [6, 6.07) is 1.75. The van der Waals surface area contributed by atoms with Crippen LogP contribution in [0.3, 0.4) is 0 Å². The van der Waals surface area contributed by atoms with Crippen molar-refractivity contribution in [2.75, 3.05) is 6.61 Å². The fourth-order valence-electron chi connectivity index (χ4n) is 1.74. The maximum atomic E-state index is 13.0. The van der Waals surface area contributed by atoms with Crippen molar-refractivity contribution in [1.29, 1.82) is 0 Å². The molecule has 1 aromatic rings. The largest absolute Gasteiger partial charge is 0.466 e. The predicted octanol–water partition coefficient (Wildman–Crippen LogP) is 4.43. The summed E-state index contributed by atoms with van der Waals surface area (Å²) >= 11 is 1.18. The van der Waals surface area contributed by atoms with Crippen molar-refractivity contribution in [3.63, 3.8) is 0 Å². The van der Waals surface area contributed by atoms with Crippen LogP contribution in [-0.4, -0.2) is 12.6 Å². The first-order valence-corrected chi connectivity index (χ1v) is 6.67. The molecule has 0 radical (unpaired) electrons. The van der Waals surface area contributed by atoms with E-state index in [-0.39, 0.29) is 6.61 Å². The van der Waals surface area contributed by atoms with E-state index in [1.165, 1.54) is 29.5 Å². The van der Waals surface area contributed by atoms with E-state index in [0.717, 1.165) is 12.1 Å². The highest BCUT2D eigenvalue weighted by molar-refractivity contribution is 14.1. The second kappa shape index (κ2) is 6.41. The van der Waals surface area contributed by atoms with Crippen LogP contribution in [0.25, 0.3) is 0 Å². The zero-order valence-electron chi connectivity index (χ0n) is 10.5. The van der Waals surface area contributed by atoms with Crippen LogP contribution in [0.5, 0.6) is 0 Å². The van der Waals surface area contributed by atoms with Gasteiger partial charge in [0.05, 0.1) is 24.2 Å². The molecule has 0 N–H and O–H groups in total. The third-order valence-corrected chi connectivity index (χ3v) is 3.35. The smallest absolute Gasteiger partial charge is 0.418 e. The minimum Gasteiger partial charge on any atom is -0.466 e. The third-order valence-electron chi connectivity index (χ3n) is 2.45. The van der Waals surface area contributed by atoms with E-state index in [2.05, 4.69) is 4.74 Å². The van der Waals surface area contributed by atoms with Crippen molar-refractivity contribution < 1.29 is 35.9 Å². The second-order valence-corrected chi connectivity index (χ2v) is 5.10. The van der Waals surface area contributed by atoms with Gasteiger partial charge in [-0.25, -0.2) is 0 Å². The number of halogens is 7. The highest BCUT2D eigenvalue weighted by atomic mass is 127. The molecule has 1 rings (SSSR count). The Morgan fingerprint density at radius 1 is 1.10 bits per heavy atom. The number of esters is 1. The van der Waals surface area contributed by atoms with Crippen LogP contribution >= 0.6 is 22.6 Å². The average molecular weight is 426 g/mol. The lowest BCUT2D eigenvalue weighted by atomic mass is 9.97. The maximum absolute atomic E-state index is 13.0. The lowest BCUT2D eigenvalue weighted by molar-refractivity contribution is -0.163. The molecule has 9 heteroatoms. The van der Waals surface area contributed by atoms with Crippen LogP contribution < -0.4 is 0 Å². The topological polar surface area (TPSA) is 26.3 Å². The van der Waals surface area contributed by atoms with Crippen LogP contribution in [0.15, 0.2) is 12.1 Å². The van der Waals surface area contributed by atoms with E-state index in [1.807, 2.05) is 0 Å². The molecule has 0 fully saturated rings. The minimum atomic E-state index is -5.23. The van der Waals surface area contributed by atoms with E-state index in [0.29, 0.717) is 0 Å². The molecule has 0 saturated heterocycles. The Balaban J connectivity index is 3.49. The van der Waals surface area contributed by atoms with Gasteiger partial charge in [0.1, 0.15) is 0 Å². The van der Waals surface area contributed by atoms with E-state index < -0.39 is 45.0 Å². The lowest BCUT2D eigenvalue weighted by Crippen LogP contribution is -2.22. The summed E-state index contributed by atoms with van der Waals surface area (Å²) < 4.78 is 81.5. The molecule has 0 heterocycles. The summed E-state index contributed by atoms with van der Waals surface area (Å²) in [4.78, 5) is 11.3. The fraction of sp³-hybridized carbons (Fsp3) is 0.417. The van der Waals surface area contributed by atoms with Gasteiger partial charge in [0.2, 0.25) is 0 Å². The van der Waals surface area contributed by atoms with Gasteiger partial charge >= 0.3 is 18.3 Å². The standard InChI is InChI=1S/C12H9F6IO2/c1-2-21-8(20)5-6-3-4-7(19)10(12(16,17)18)9(6)11(13,14)15/h3-4H,2,5H2,1H3. The molecule has 21 heavy (non-hydrogen) atoms. The van der Waals surface area contributed by atoms with Crippen LogP contribution in [-0.2, 0) is 28.3 Å². The molecule has 1 aromatic carbocycles. The molecule has 0 amide bonds. The quantitative estimate of drug-likeness (QED) is 0.406. The Morgan fingerprint density at radius 2 is 1.62 bits per heavy atom. The molecule has 0 aliphatic heterocycles. The Morgan fingerprint density at radius 3 is 2.05 bits per heavy atom. The number of hydrogen-bond donors (Lipinski definition) is 0. The van der Waals surface area contributed by atoms with Gasteiger partial charge in [0.25, 0.3) is 0 Å². The van der Waals surface area contributed by atoms with Crippen molar-refractivity contribution in [2.45, 2.75) is 25.7 Å². The van der Waals surface area contributed by atoms with Crippen molar-refractivity contribution in [1.82, 2.24) is 0 Å². The third kappa shape index (κ3) is 4.48. The number of benzene rings is 1. The summed E-state index contributed by atoms with van der Waals surface area (Å²) in [7, 11) is 0. The van der Waals surface area contributed by atoms with Gasteiger partial charge in [-0.1, -0.05) is 6.07 Å². The summed E-state index contributed by atoms with van der Waals surface area (Å²) in [5, 5.41) is 0. The summed E-state index contributed by atoms with van der Waals surface area (Å²) in [5.74, 6) is -1.02. The minimum absolute atomic E-state index is 0.0727. The first-order chi connectivity index (χ1) is 9.48. The van der Waals surface area contributed by atoms with Crippen LogP contribution in [0.4, 0.5) is 26.3 Å². The molecular weight excluding hydrogens is 417 g/mol. The first kappa shape index (κ1) is 18.1. The molecule has 0 aliphatic carbocycles. The number of carbonyl (C=O) groups excluding carboxylic acids is 1. The van der Waals surface area contributed by atoms with Crippen molar-refractivity contribution in [2.24, 2.45) is 0 Å². The molecule has 118 valence electrons. The number of rotatable bonds is 3. The zero-order chi connectivity index (χ0) is 16.4. The maximum Gasteiger partial charge on any atom is 0.418 e. The normalized spacial score (nSPS) is 12.4. The number of carbonyl (C=O) groups is 1. The molecule has 2 nitrogen and oxygen atoms in total. The molecule has 0 unspecified atom stereocenters. The Bertz CT molecular complexity index is 536. The van der Waals surface area contributed by atoms with Gasteiger partial charge in [-0.3, -0.25) is 4.79 Å². The van der Waals surface area contributed by atoms with E-state index >= 15 is 0 Å². The van der Waals surface area contributed by atoms with E-state index in [9.17, 15) is 31.1 Å². The Hall–Kier alpha value is -1.00. The van der Waals surface area contributed by atoms with Gasteiger partial charge in [-0.05, 0) is 41.1 Å². The first-order valence-electron chi connectivity index (χ1n) is 5.59. The van der Waals surface area contributed by atoms with E-state index in [1.54, 1.807) is 0 Å². The Labute approximate surface area is 129 Å². The fourth-order valence-corrected chi connectivity index (χ4v) is 2.49. The van der Waals surface area contributed by atoms with Crippen molar-refractivity contribution in [3.05, 3.63) is 32.4 Å². The zero-order valence-corrected chi connectivity index (χ0v) is 12.7. The summed E-state index contributed by atoms with van der Waals surface area (Å²) in [5.41, 5.74) is -4.37. The second-order valence-electron chi connectivity index (χ2n) is 3.93. The summed E-state index contributed by atoms with van der Waals surface area (Å²) in [6.45, 7) is 1.37. The number of ether oxygens (including phenoxy) is 1. The van der Waals surface area contributed by atoms with Gasteiger partial charge in [-0.15, -0.1) is 0 Å². The predicted molar refractivity (Wildman–Crippen MR) is 69.5 cm³/mol. The highest BCUT2D eigenvalue weighted by Gasteiger charge is 2.46. The van der Waals surface area contributed by atoms with Gasteiger partial charge in [0, 0.05) is 3.57 Å². The van der Waals surface area contributed by atoms with Gasteiger partial charge in [0.15, 0.2) is 0 Å². The number of alkyl halides is 6. The number of hydrogen-bond acceptors (Lipinski definition) is 2. The molecule has 0 aliphatic rings. The van der Waals surface area contributed by atoms with Crippen molar-refractivity contribution in [3.8, 4) is 0 Å². The van der Waals surface area contributed by atoms with Gasteiger partial charge < -0.3 is 4.74 Å². The lowest BCUT2D eigenvalue weighted by Gasteiger charge is -2.20. The molecular formula is C12H9F6IO2. The molecule has 0 aromatic heterocycles. The van der Waals surface area contributed by atoms with Crippen molar-refractivity contribution >= 4 is 28.6 Å². The molecule has 0 saturated carbocycles. The van der Waals surface area contributed by atoms with Crippen LogP contribution in [0.1, 0.15) is 23.6 Å². The Kier molecular flexibility index (Phi) is 5.51. The molecule has 0 spiro atoms. The molecule has 0 bridgehead atoms.